The van der Waals surface area contributed by atoms with E-state index in [-0.39, 0.29) is 11.3 Å². The number of pyridine rings is 1. The third-order valence-electron chi connectivity index (χ3n) is 5.34. The number of aromatic nitrogens is 2. The number of hydrogen-bond donors (Lipinski definition) is 0. The zero-order chi connectivity index (χ0) is 21.6. The standard InChI is InChI=1S/C24H22ClN3O2/c1-26(2)14-13-20(29)17-9-11-19-23(22(17)15-5-7-16(25)8-6-15)18-10-12-21(30)28(4)24(18)27(19)3/h5-14H,1-4H3. The van der Waals surface area contributed by atoms with E-state index in [0.29, 0.717) is 10.6 Å². The SMILES string of the molecule is CN(C)C=CC(=O)c1ccc2c(c1-c1ccc(Cl)cc1)c1ccc(=O)n(C)c1n2C. The van der Waals surface area contributed by atoms with Gasteiger partial charge in [-0.1, -0.05) is 23.7 Å². The van der Waals surface area contributed by atoms with Crippen LogP contribution in [0, 0.1) is 0 Å². The minimum absolute atomic E-state index is 0.0772. The zero-order valence-electron chi connectivity index (χ0n) is 17.3. The molecule has 5 nitrogen and oxygen atoms in total. The van der Waals surface area contributed by atoms with Gasteiger partial charge < -0.3 is 9.47 Å². The molecule has 4 aromatic rings. The van der Waals surface area contributed by atoms with Crippen molar-refractivity contribution in [2.75, 3.05) is 14.1 Å². The number of ketones is 1. The molecule has 0 unspecified atom stereocenters. The van der Waals surface area contributed by atoms with Crippen molar-refractivity contribution in [1.82, 2.24) is 14.0 Å². The second kappa shape index (κ2) is 7.50. The Balaban J connectivity index is 2.15. The lowest BCUT2D eigenvalue weighted by Gasteiger charge is -2.11. The van der Waals surface area contributed by atoms with Crippen molar-refractivity contribution in [3.05, 3.63) is 81.7 Å². The Labute approximate surface area is 179 Å². The Kier molecular flexibility index (Phi) is 5.00. The van der Waals surface area contributed by atoms with Gasteiger partial charge in [0.05, 0.1) is 5.52 Å². The van der Waals surface area contributed by atoms with Crippen LogP contribution in [0.1, 0.15) is 10.4 Å². The Bertz CT molecular complexity index is 1380. The van der Waals surface area contributed by atoms with Crippen molar-refractivity contribution in [1.29, 1.82) is 0 Å². The summed E-state index contributed by atoms with van der Waals surface area (Å²) < 4.78 is 3.63. The smallest absolute Gasteiger partial charge is 0.251 e. The largest absolute Gasteiger partial charge is 0.383 e. The molecule has 0 aliphatic heterocycles. The first kappa shape index (κ1) is 20.0. The number of fused-ring (bicyclic) bond motifs is 3. The summed E-state index contributed by atoms with van der Waals surface area (Å²) in [5.41, 5.74) is 4.01. The molecule has 0 spiro atoms. The molecule has 6 heteroatoms. The minimum atomic E-state index is -0.0858. The highest BCUT2D eigenvalue weighted by atomic mass is 35.5. The fourth-order valence-electron chi connectivity index (χ4n) is 3.91. The van der Waals surface area contributed by atoms with E-state index in [1.807, 2.05) is 73.1 Å². The van der Waals surface area contributed by atoms with Crippen LogP contribution in [0.25, 0.3) is 33.1 Å². The predicted octanol–water partition coefficient (Wildman–Crippen LogP) is 4.61. The lowest BCUT2D eigenvalue weighted by molar-refractivity contribution is 0.104. The Morgan fingerprint density at radius 3 is 2.33 bits per heavy atom. The molecular weight excluding hydrogens is 398 g/mol. The normalized spacial score (nSPS) is 11.6. The molecule has 2 heterocycles. The van der Waals surface area contributed by atoms with E-state index in [0.717, 1.165) is 33.1 Å². The van der Waals surface area contributed by atoms with Crippen molar-refractivity contribution >= 4 is 39.3 Å². The molecule has 0 fully saturated rings. The lowest BCUT2D eigenvalue weighted by atomic mass is 9.92. The molecule has 0 radical (unpaired) electrons. The molecule has 0 N–H and O–H groups in total. The number of nitrogens with zero attached hydrogens (tertiary/aromatic N) is 3. The molecule has 0 saturated heterocycles. The first-order chi connectivity index (χ1) is 14.3. The molecule has 0 bridgehead atoms. The van der Waals surface area contributed by atoms with Crippen LogP contribution in [0.4, 0.5) is 0 Å². The summed E-state index contributed by atoms with van der Waals surface area (Å²) in [6.45, 7) is 0. The van der Waals surface area contributed by atoms with Crippen LogP contribution >= 0.6 is 11.6 Å². The molecule has 0 saturated carbocycles. The molecule has 0 aliphatic carbocycles. The van der Waals surface area contributed by atoms with E-state index < -0.39 is 0 Å². The number of benzene rings is 2. The molecule has 2 aromatic heterocycles. The first-order valence-corrected chi connectivity index (χ1v) is 9.93. The number of halogens is 1. The van der Waals surface area contributed by atoms with Gasteiger partial charge in [-0.25, -0.2) is 0 Å². The summed E-state index contributed by atoms with van der Waals surface area (Å²) in [7, 11) is 7.44. The number of allylic oxidation sites excluding steroid dienone is 1. The molecule has 0 amide bonds. The van der Waals surface area contributed by atoms with Crippen molar-refractivity contribution < 1.29 is 4.79 Å². The highest BCUT2D eigenvalue weighted by Gasteiger charge is 2.20. The molecule has 4 rings (SSSR count). The summed E-state index contributed by atoms with van der Waals surface area (Å²) in [6, 6.07) is 14.7. The number of carbonyl (C=O) groups excluding carboxylic acids is 1. The Morgan fingerprint density at radius 2 is 1.67 bits per heavy atom. The maximum absolute atomic E-state index is 13.1. The van der Waals surface area contributed by atoms with Gasteiger partial charge >= 0.3 is 0 Å². The van der Waals surface area contributed by atoms with Crippen molar-refractivity contribution in [2.45, 2.75) is 0 Å². The third kappa shape index (κ3) is 3.21. The fourth-order valence-corrected chi connectivity index (χ4v) is 4.04. The Hall–Kier alpha value is -3.31. The van der Waals surface area contributed by atoms with Crippen molar-refractivity contribution in [3.8, 4) is 11.1 Å². The van der Waals surface area contributed by atoms with E-state index >= 15 is 0 Å². The van der Waals surface area contributed by atoms with Crippen LogP contribution in [0.3, 0.4) is 0 Å². The average molecular weight is 420 g/mol. The molecule has 152 valence electrons. The van der Waals surface area contributed by atoms with Crippen molar-refractivity contribution in [3.63, 3.8) is 0 Å². The van der Waals surface area contributed by atoms with Gasteiger partial charge in [0.25, 0.3) is 5.56 Å². The first-order valence-electron chi connectivity index (χ1n) is 9.55. The van der Waals surface area contributed by atoms with Crippen LogP contribution < -0.4 is 5.56 Å². The number of hydrogen-bond acceptors (Lipinski definition) is 3. The van der Waals surface area contributed by atoms with Gasteiger partial charge in [0, 0.05) is 73.5 Å². The number of carbonyl (C=O) groups is 1. The Morgan fingerprint density at radius 1 is 0.967 bits per heavy atom. The van der Waals surface area contributed by atoms with E-state index in [1.165, 1.54) is 0 Å². The number of aryl methyl sites for hydroxylation is 2. The second-order valence-corrected chi connectivity index (χ2v) is 8.00. The predicted molar refractivity (Wildman–Crippen MR) is 123 cm³/mol. The zero-order valence-corrected chi connectivity index (χ0v) is 18.1. The summed E-state index contributed by atoms with van der Waals surface area (Å²) in [4.78, 5) is 27.2. The molecule has 0 atom stereocenters. The highest BCUT2D eigenvalue weighted by molar-refractivity contribution is 6.30. The van der Waals surface area contributed by atoms with Gasteiger partial charge in [0.2, 0.25) is 0 Å². The summed E-state index contributed by atoms with van der Waals surface area (Å²) in [5.74, 6) is -0.0858. The van der Waals surface area contributed by atoms with Gasteiger partial charge in [-0.05, 0) is 35.9 Å². The van der Waals surface area contributed by atoms with E-state index in [9.17, 15) is 9.59 Å². The fraction of sp³-hybridized carbons (Fsp3) is 0.167. The third-order valence-corrected chi connectivity index (χ3v) is 5.59. The minimum Gasteiger partial charge on any atom is -0.383 e. The van der Waals surface area contributed by atoms with E-state index in [2.05, 4.69) is 0 Å². The molecular formula is C24H22ClN3O2. The van der Waals surface area contributed by atoms with Crippen LogP contribution in [0.2, 0.25) is 5.02 Å². The second-order valence-electron chi connectivity index (χ2n) is 7.56. The van der Waals surface area contributed by atoms with E-state index in [4.69, 9.17) is 11.6 Å². The maximum Gasteiger partial charge on any atom is 0.251 e. The average Bonchev–Trinajstić information content (AvgIpc) is 3.01. The summed E-state index contributed by atoms with van der Waals surface area (Å²) >= 11 is 6.12. The van der Waals surface area contributed by atoms with Crippen LogP contribution in [0.5, 0.6) is 0 Å². The monoisotopic (exact) mass is 419 g/mol. The summed E-state index contributed by atoms with van der Waals surface area (Å²) in [6.07, 6.45) is 3.31. The van der Waals surface area contributed by atoms with Crippen LogP contribution in [-0.2, 0) is 14.1 Å². The topological polar surface area (TPSA) is 47.2 Å². The molecule has 2 aromatic carbocycles. The number of rotatable bonds is 4. The van der Waals surface area contributed by atoms with Gasteiger partial charge in [0.15, 0.2) is 5.78 Å². The molecule has 0 aliphatic rings. The van der Waals surface area contributed by atoms with Crippen LogP contribution in [0.15, 0.2) is 65.6 Å². The molecule has 30 heavy (non-hydrogen) atoms. The maximum atomic E-state index is 13.1. The quantitative estimate of drug-likeness (QED) is 0.358. The lowest BCUT2D eigenvalue weighted by Crippen LogP contribution is -2.16. The summed E-state index contributed by atoms with van der Waals surface area (Å²) in [5, 5.41) is 2.49. The highest BCUT2D eigenvalue weighted by Crippen LogP contribution is 2.38. The van der Waals surface area contributed by atoms with Gasteiger partial charge in [-0.3, -0.25) is 14.2 Å². The van der Waals surface area contributed by atoms with Gasteiger partial charge in [-0.2, -0.15) is 0 Å². The van der Waals surface area contributed by atoms with Crippen LogP contribution in [-0.4, -0.2) is 33.9 Å². The van der Waals surface area contributed by atoms with Gasteiger partial charge in [0.1, 0.15) is 5.65 Å². The van der Waals surface area contributed by atoms with Crippen molar-refractivity contribution in [2.24, 2.45) is 14.1 Å². The van der Waals surface area contributed by atoms with Gasteiger partial charge in [-0.15, -0.1) is 0 Å². The van der Waals surface area contributed by atoms with E-state index in [1.54, 1.807) is 30.0 Å².